The second-order valence-electron chi connectivity index (χ2n) is 13.5. The number of nitrogens with zero attached hydrogens (tertiary/aromatic N) is 1. The molecule has 244 valence electrons. The van der Waals surface area contributed by atoms with E-state index < -0.39 is 64.4 Å². The number of likely N-dealkylation sites (N-methyl/N-ethyl adjacent to an activating group) is 1. The number of primary amides is 1. The molecule has 5 N–H and O–H groups in total. The molecule has 3 saturated carbocycles. The van der Waals surface area contributed by atoms with Crippen molar-refractivity contribution in [3.8, 4) is 22.6 Å². The van der Waals surface area contributed by atoms with Gasteiger partial charge in [-0.05, 0) is 80.6 Å². The number of amides is 1. The molecule has 0 bridgehead atoms. The van der Waals surface area contributed by atoms with Gasteiger partial charge >= 0.3 is 0 Å². The van der Waals surface area contributed by atoms with Gasteiger partial charge in [-0.15, -0.1) is 0 Å². The molecule has 0 saturated heterocycles. The maximum Gasteiger partial charge on any atom is 0.235 e. The van der Waals surface area contributed by atoms with Crippen molar-refractivity contribution in [2.24, 2.45) is 29.4 Å². The van der Waals surface area contributed by atoms with Crippen LogP contribution in [-0.2, 0) is 32.1 Å². The average molecular weight is 632 g/mol. The van der Waals surface area contributed by atoms with Gasteiger partial charge in [0.05, 0.1) is 24.6 Å². The molecule has 2 unspecified atom stereocenters. The number of carbonyl (C=O) groups excluding carboxylic acids is 5. The number of aromatic hydroxyl groups is 1. The third-order valence-corrected chi connectivity index (χ3v) is 10.7. The smallest absolute Gasteiger partial charge is 0.235 e. The summed E-state index contributed by atoms with van der Waals surface area (Å²) in [5, 5.41) is 26.4. The summed E-state index contributed by atoms with van der Waals surface area (Å²) in [7, 11) is 4.69. The molecule has 4 aliphatic rings. The molecule has 1 amide bonds. The average Bonchev–Trinajstić information content (AvgIpc) is 3.02. The molecule has 0 heterocycles. The van der Waals surface area contributed by atoms with E-state index in [4.69, 9.17) is 10.5 Å². The van der Waals surface area contributed by atoms with E-state index >= 15 is 0 Å². The maximum atomic E-state index is 14.2. The maximum absolute atomic E-state index is 14.2. The van der Waals surface area contributed by atoms with Crippen molar-refractivity contribution in [3.63, 3.8) is 0 Å². The van der Waals surface area contributed by atoms with Crippen LogP contribution in [0.3, 0.4) is 0 Å². The first-order valence-corrected chi connectivity index (χ1v) is 16.0. The number of rotatable bonds is 7. The molecule has 0 aromatic heterocycles. The highest BCUT2D eigenvalue weighted by molar-refractivity contribution is 6.32. The SMILES string of the molecule is COc1ccc(CNC2CCCCC2)cc1-c1ccc(O)c2c1C[C@H]1C[C@H]3[C@H](N(C)C)C(=O)C(C(N)=O)C(=O)[C@@]3(O)C(=O)C1C2=O. The zero-order chi connectivity index (χ0) is 33.1. The Bertz CT molecular complexity index is 1630. The van der Waals surface area contributed by atoms with Crippen molar-refractivity contribution in [3.05, 3.63) is 47.0 Å². The molecular weight excluding hydrogens is 590 g/mol. The minimum Gasteiger partial charge on any atom is -0.507 e. The molecule has 11 heteroatoms. The van der Waals surface area contributed by atoms with Crippen LogP contribution in [0.2, 0.25) is 0 Å². The molecule has 0 radical (unpaired) electrons. The fraction of sp³-hybridized carbons (Fsp3) is 0.514. The van der Waals surface area contributed by atoms with E-state index in [1.165, 1.54) is 30.2 Å². The van der Waals surface area contributed by atoms with Gasteiger partial charge in [-0.2, -0.15) is 0 Å². The van der Waals surface area contributed by atoms with E-state index in [1.807, 2.05) is 18.2 Å². The Morgan fingerprint density at radius 1 is 1.04 bits per heavy atom. The van der Waals surface area contributed by atoms with Crippen molar-refractivity contribution in [2.45, 2.75) is 69.2 Å². The summed E-state index contributed by atoms with van der Waals surface area (Å²) in [6, 6.07) is 8.31. The van der Waals surface area contributed by atoms with Crippen LogP contribution in [0.1, 0.15) is 60.0 Å². The fourth-order valence-corrected chi connectivity index (χ4v) is 8.50. The van der Waals surface area contributed by atoms with Crippen LogP contribution in [0.15, 0.2) is 30.3 Å². The standard InChI is InChI=1S/C35H41N3O8/c1-38(2)29-23-15-18-14-22-20(21-13-17(9-12-25(21)46-3)16-37-19-7-5-4-6-8-19)10-11-24(39)27(22)30(40)26(18)32(42)35(23,45)33(43)28(31(29)41)34(36)44/h9-13,18-19,23,26,28-29,37,39,45H,4-8,14-16H2,1-3H3,(H2,36,44)/t18-,23-,26?,28?,29-,35-/m0/s1. The Hall–Kier alpha value is -3.93. The lowest BCUT2D eigenvalue weighted by Gasteiger charge is -2.52. The molecule has 11 nitrogen and oxygen atoms in total. The number of aliphatic hydroxyl groups is 1. The van der Waals surface area contributed by atoms with Crippen LogP contribution >= 0.6 is 0 Å². The van der Waals surface area contributed by atoms with Crippen molar-refractivity contribution in [1.29, 1.82) is 0 Å². The minimum atomic E-state index is -2.76. The highest BCUT2D eigenvalue weighted by Gasteiger charge is 2.69. The van der Waals surface area contributed by atoms with Gasteiger partial charge in [-0.1, -0.05) is 31.4 Å². The number of hydrogen-bond acceptors (Lipinski definition) is 10. The Morgan fingerprint density at radius 2 is 1.76 bits per heavy atom. The summed E-state index contributed by atoms with van der Waals surface area (Å²) in [6.07, 6.45) is 6.13. The van der Waals surface area contributed by atoms with Gasteiger partial charge in [0.25, 0.3) is 0 Å². The van der Waals surface area contributed by atoms with Crippen LogP contribution in [0.4, 0.5) is 0 Å². The quantitative estimate of drug-likeness (QED) is 0.331. The number of carbonyl (C=O) groups is 5. The zero-order valence-electron chi connectivity index (χ0n) is 26.4. The molecule has 6 rings (SSSR count). The number of ether oxygens (including phenoxy) is 1. The van der Waals surface area contributed by atoms with E-state index in [-0.39, 0.29) is 24.2 Å². The van der Waals surface area contributed by atoms with Crippen LogP contribution in [-0.4, -0.2) is 83.0 Å². The molecule has 46 heavy (non-hydrogen) atoms. The molecule has 4 aliphatic carbocycles. The Labute approximate surface area is 267 Å². The van der Waals surface area contributed by atoms with Crippen LogP contribution in [0, 0.1) is 23.7 Å². The summed E-state index contributed by atoms with van der Waals surface area (Å²) in [5.74, 6) is -10.1. The lowest BCUT2D eigenvalue weighted by molar-refractivity contribution is -0.181. The van der Waals surface area contributed by atoms with E-state index in [9.17, 15) is 34.2 Å². The molecule has 6 atom stereocenters. The number of fused-ring (bicyclic) bond motifs is 3. The largest absolute Gasteiger partial charge is 0.507 e. The van der Waals surface area contributed by atoms with Crippen molar-refractivity contribution >= 4 is 29.0 Å². The van der Waals surface area contributed by atoms with Gasteiger partial charge in [-0.25, -0.2) is 0 Å². The number of benzene rings is 2. The van der Waals surface area contributed by atoms with Gasteiger partial charge in [-0.3, -0.25) is 28.9 Å². The number of nitrogens with one attached hydrogen (secondary N) is 1. The predicted octanol–water partition coefficient (Wildman–Crippen LogP) is 1.96. The second kappa shape index (κ2) is 12.0. The van der Waals surface area contributed by atoms with Gasteiger partial charge in [0.1, 0.15) is 11.5 Å². The number of nitrogens with two attached hydrogens (primary N) is 1. The topological polar surface area (TPSA) is 176 Å². The van der Waals surface area contributed by atoms with E-state index in [0.29, 0.717) is 29.5 Å². The van der Waals surface area contributed by atoms with E-state index in [1.54, 1.807) is 27.3 Å². The highest BCUT2D eigenvalue weighted by Crippen LogP contribution is 2.52. The Balaban J connectivity index is 1.41. The summed E-state index contributed by atoms with van der Waals surface area (Å²) < 4.78 is 5.73. The summed E-state index contributed by atoms with van der Waals surface area (Å²) in [6.45, 7) is 0.653. The predicted molar refractivity (Wildman–Crippen MR) is 167 cm³/mol. The van der Waals surface area contributed by atoms with E-state index in [0.717, 1.165) is 24.0 Å². The summed E-state index contributed by atoms with van der Waals surface area (Å²) in [5.41, 5.74) is 5.55. The van der Waals surface area contributed by atoms with Crippen LogP contribution in [0.25, 0.3) is 11.1 Å². The zero-order valence-corrected chi connectivity index (χ0v) is 26.4. The number of methoxy groups -OCH3 is 1. The number of phenols is 1. The number of hydrogen-bond donors (Lipinski definition) is 4. The number of ketones is 4. The van der Waals surface area contributed by atoms with Crippen molar-refractivity contribution < 1.29 is 38.9 Å². The van der Waals surface area contributed by atoms with Gasteiger partial charge in [0.15, 0.2) is 34.7 Å². The van der Waals surface area contributed by atoms with Gasteiger partial charge in [0, 0.05) is 24.1 Å². The molecular formula is C35H41N3O8. The minimum absolute atomic E-state index is 0.0124. The molecule has 0 spiro atoms. The number of phenolic OH excluding ortho intramolecular Hbond substituents is 1. The lowest BCUT2D eigenvalue weighted by Crippen LogP contribution is -2.74. The van der Waals surface area contributed by atoms with Crippen LogP contribution < -0.4 is 15.8 Å². The van der Waals surface area contributed by atoms with Crippen molar-refractivity contribution in [2.75, 3.05) is 21.2 Å². The number of Topliss-reactive ketones (excluding diaryl/α,β-unsaturated/α-hetero) is 4. The van der Waals surface area contributed by atoms with Gasteiger partial charge in [0.2, 0.25) is 5.91 Å². The fourth-order valence-electron chi connectivity index (χ4n) is 8.50. The molecule has 2 aromatic rings. The lowest BCUT2D eigenvalue weighted by atomic mass is 9.52. The third-order valence-electron chi connectivity index (χ3n) is 10.7. The normalized spacial score (nSPS) is 29.7. The molecule has 2 aromatic carbocycles. The first-order chi connectivity index (χ1) is 21.9. The first kappa shape index (κ1) is 32.0. The van der Waals surface area contributed by atoms with Crippen LogP contribution in [0.5, 0.6) is 11.5 Å². The Kier molecular flexibility index (Phi) is 8.37. The second-order valence-corrected chi connectivity index (χ2v) is 13.5. The summed E-state index contributed by atoms with van der Waals surface area (Å²) in [4.78, 5) is 68.9. The Morgan fingerprint density at radius 3 is 2.41 bits per heavy atom. The molecule has 0 aliphatic heterocycles. The van der Waals surface area contributed by atoms with E-state index in [2.05, 4.69) is 5.32 Å². The highest BCUT2D eigenvalue weighted by atomic mass is 16.5. The first-order valence-electron chi connectivity index (χ1n) is 16.0. The van der Waals surface area contributed by atoms with Gasteiger partial charge < -0.3 is 26.0 Å². The van der Waals surface area contributed by atoms with Crippen molar-refractivity contribution in [1.82, 2.24) is 10.2 Å². The summed E-state index contributed by atoms with van der Waals surface area (Å²) >= 11 is 0. The monoisotopic (exact) mass is 631 g/mol. The third kappa shape index (κ3) is 4.96. The molecule has 3 fully saturated rings.